The van der Waals surface area contributed by atoms with Crippen molar-refractivity contribution in [1.82, 2.24) is 4.98 Å². The number of ether oxygens (including phenoxy) is 4. The predicted octanol–water partition coefficient (Wildman–Crippen LogP) is 4.57. The molecule has 7 atom stereocenters. The van der Waals surface area contributed by atoms with Gasteiger partial charge in [0, 0.05) is 35.2 Å². The summed E-state index contributed by atoms with van der Waals surface area (Å²) in [6.45, 7) is 7.71. The highest BCUT2D eigenvalue weighted by Gasteiger charge is 2.73. The molecule has 220 valence electrons. The van der Waals surface area contributed by atoms with Crippen molar-refractivity contribution in [1.29, 1.82) is 0 Å². The Morgan fingerprint density at radius 3 is 2.38 bits per heavy atom. The number of allylic oxidation sites excluding steroid dienone is 1. The van der Waals surface area contributed by atoms with Gasteiger partial charge in [0.15, 0.2) is 12.2 Å². The van der Waals surface area contributed by atoms with Crippen molar-refractivity contribution >= 4 is 17.9 Å². The van der Waals surface area contributed by atoms with Crippen molar-refractivity contribution < 1.29 is 38.4 Å². The minimum Gasteiger partial charge on any atom is -0.482 e. The third-order valence-corrected chi connectivity index (χ3v) is 10.3. The van der Waals surface area contributed by atoms with Gasteiger partial charge in [-0.1, -0.05) is 43.7 Å². The summed E-state index contributed by atoms with van der Waals surface area (Å²) >= 11 is 0. The largest absolute Gasteiger partial charge is 0.482 e. The van der Waals surface area contributed by atoms with Crippen LogP contribution in [0.3, 0.4) is 0 Å². The molecule has 1 saturated carbocycles. The molecular weight excluding hydrogens is 538 g/mol. The molecule has 6 rings (SSSR count). The van der Waals surface area contributed by atoms with Gasteiger partial charge >= 0.3 is 17.9 Å². The van der Waals surface area contributed by atoms with Gasteiger partial charge in [-0.2, -0.15) is 0 Å². The highest BCUT2D eigenvalue weighted by molar-refractivity contribution is 5.91. The SMILES string of the molecule is CC1=CCCC2C1(C)C(OC(=O)c1cccnc1)C(OC(=O)c1ccccc1)C(C)(O)C2(C)C1CC2=C(O1)C(=O)OC2. The summed E-state index contributed by atoms with van der Waals surface area (Å²) in [7, 11) is 0. The van der Waals surface area contributed by atoms with Crippen LogP contribution in [0.5, 0.6) is 0 Å². The lowest BCUT2D eigenvalue weighted by atomic mass is 9.43. The standard InChI is InChI=1S/C33H35NO8/c1-19-10-8-14-23-31(19,2)26(41-29(36)21-13-9-15-34-17-21)27(42-28(35)20-11-6-5-7-12-20)33(4,38)32(23,3)24-16-22-18-39-30(37)25(22)40-24/h5-7,9-13,15,17,23-24,26-27,38H,8,14,16,18H2,1-4H3. The van der Waals surface area contributed by atoms with Crippen LogP contribution in [-0.2, 0) is 23.7 Å². The van der Waals surface area contributed by atoms with Crippen LogP contribution >= 0.6 is 0 Å². The Hall–Kier alpha value is -3.98. The van der Waals surface area contributed by atoms with Gasteiger partial charge < -0.3 is 24.1 Å². The number of aliphatic hydroxyl groups is 1. The highest BCUT2D eigenvalue weighted by atomic mass is 16.6. The number of aromatic nitrogens is 1. The second-order valence-electron chi connectivity index (χ2n) is 12.3. The van der Waals surface area contributed by atoms with Gasteiger partial charge in [-0.3, -0.25) is 4.98 Å². The van der Waals surface area contributed by atoms with Crippen LogP contribution in [0.4, 0.5) is 0 Å². The number of carbonyl (C=O) groups excluding carboxylic acids is 3. The lowest BCUT2D eigenvalue weighted by molar-refractivity contribution is -0.288. The lowest BCUT2D eigenvalue weighted by Gasteiger charge is -2.66. The number of cyclic esters (lactones) is 1. The van der Waals surface area contributed by atoms with Gasteiger partial charge in [-0.05, 0) is 56.9 Å². The Kier molecular flexibility index (Phi) is 6.76. The van der Waals surface area contributed by atoms with Crippen molar-refractivity contribution in [2.75, 3.05) is 6.61 Å². The molecule has 2 aliphatic carbocycles. The van der Waals surface area contributed by atoms with Crippen molar-refractivity contribution in [3.05, 3.63) is 89.0 Å². The molecule has 0 radical (unpaired) electrons. The molecule has 4 aliphatic rings. The number of nitrogens with zero attached hydrogens (tertiary/aromatic N) is 1. The molecule has 1 aromatic carbocycles. The first-order valence-corrected chi connectivity index (χ1v) is 14.3. The van der Waals surface area contributed by atoms with Crippen LogP contribution in [0.25, 0.3) is 0 Å². The Bertz CT molecular complexity index is 1480. The van der Waals surface area contributed by atoms with E-state index in [1.54, 1.807) is 55.6 Å². The molecule has 2 aliphatic heterocycles. The molecule has 0 saturated heterocycles. The van der Waals surface area contributed by atoms with Gasteiger partial charge in [0.25, 0.3) is 0 Å². The van der Waals surface area contributed by atoms with Gasteiger partial charge in [-0.15, -0.1) is 0 Å². The number of fused-ring (bicyclic) bond motifs is 1. The maximum atomic E-state index is 13.6. The molecule has 0 amide bonds. The number of hydrogen-bond donors (Lipinski definition) is 1. The van der Waals surface area contributed by atoms with E-state index >= 15 is 0 Å². The second kappa shape index (κ2) is 10.1. The van der Waals surface area contributed by atoms with E-state index in [0.29, 0.717) is 18.4 Å². The third kappa shape index (κ3) is 4.08. The molecule has 9 nitrogen and oxygen atoms in total. The van der Waals surface area contributed by atoms with E-state index in [1.165, 1.54) is 6.20 Å². The number of hydrogen-bond acceptors (Lipinski definition) is 9. The predicted molar refractivity (Wildman–Crippen MR) is 150 cm³/mol. The number of benzene rings is 1. The summed E-state index contributed by atoms with van der Waals surface area (Å²) in [6.07, 6.45) is 3.96. The molecular formula is C33H35NO8. The average molecular weight is 574 g/mol. The molecule has 9 heteroatoms. The van der Waals surface area contributed by atoms with Gasteiger partial charge in [0.05, 0.1) is 11.1 Å². The Labute approximate surface area is 244 Å². The summed E-state index contributed by atoms with van der Waals surface area (Å²) < 4.78 is 23.9. The smallest absolute Gasteiger partial charge is 0.374 e. The lowest BCUT2D eigenvalue weighted by Crippen LogP contribution is -2.75. The molecule has 1 N–H and O–H groups in total. The molecule has 2 aromatic rings. The number of rotatable bonds is 5. The van der Waals surface area contributed by atoms with Crippen molar-refractivity contribution in [3.63, 3.8) is 0 Å². The Morgan fingerprint density at radius 2 is 1.69 bits per heavy atom. The summed E-state index contributed by atoms with van der Waals surface area (Å²) in [5.41, 5.74) is -1.39. The first kappa shape index (κ1) is 28.2. The fourth-order valence-corrected chi connectivity index (χ4v) is 7.66. The van der Waals surface area contributed by atoms with Gasteiger partial charge in [-0.25, -0.2) is 14.4 Å². The monoisotopic (exact) mass is 573 g/mol. The third-order valence-electron chi connectivity index (χ3n) is 10.3. The van der Waals surface area contributed by atoms with E-state index in [0.717, 1.165) is 17.6 Å². The zero-order valence-electron chi connectivity index (χ0n) is 24.2. The van der Waals surface area contributed by atoms with Crippen LogP contribution in [0.15, 0.2) is 77.8 Å². The topological polar surface area (TPSA) is 121 Å². The fourth-order valence-electron chi connectivity index (χ4n) is 7.66. The van der Waals surface area contributed by atoms with E-state index in [1.807, 2.05) is 20.8 Å². The fraction of sp³-hybridized carbons (Fsp3) is 0.455. The van der Waals surface area contributed by atoms with Crippen LogP contribution in [-0.4, -0.2) is 58.5 Å². The number of pyridine rings is 1. The average Bonchev–Trinajstić information content (AvgIpc) is 3.58. The molecule has 1 fully saturated rings. The molecule has 0 bridgehead atoms. The zero-order chi connectivity index (χ0) is 29.9. The Balaban J connectivity index is 1.48. The van der Waals surface area contributed by atoms with Crippen LogP contribution in [0.2, 0.25) is 0 Å². The van der Waals surface area contributed by atoms with Crippen LogP contribution in [0, 0.1) is 16.7 Å². The van der Waals surface area contributed by atoms with Gasteiger partial charge in [0.2, 0.25) is 5.76 Å². The van der Waals surface area contributed by atoms with Crippen molar-refractivity contribution in [2.45, 2.75) is 70.9 Å². The summed E-state index contributed by atoms with van der Waals surface area (Å²) in [6, 6.07) is 11.8. The summed E-state index contributed by atoms with van der Waals surface area (Å²) in [4.78, 5) is 43.6. The van der Waals surface area contributed by atoms with Crippen molar-refractivity contribution in [3.8, 4) is 0 Å². The first-order chi connectivity index (χ1) is 20.0. The second-order valence-corrected chi connectivity index (χ2v) is 12.3. The molecule has 7 unspecified atom stereocenters. The van der Waals surface area contributed by atoms with Crippen LogP contribution in [0.1, 0.15) is 67.7 Å². The highest BCUT2D eigenvalue weighted by Crippen LogP contribution is 2.66. The molecule has 3 heterocycles. The van der Waals surface area contributed by atoms with Gasteiger partial charge in [0.1, 0.15) is 18.3 Å². The quantitative estimate of drug-likeness (QED) is 0.312. The molecule has 1 aromatic heterocycles. The minimum atomic E-state index is -1.76. The zero-order valence-corrected chi connectivity index (χ0v) is 24.2. The summed E-state index contributed by atoms with van der Waals surface area (Å²) in [5.74, 6) is -1.87. The first-order valence-electron chi connectivity index (χ1n) is 14.3. The molecule has 42 heavy (non-hydrogen) atoms. The van der Waals surface area contributed by atoms with E-state index < -0.39 is 52.7 Å². The van der Waals surface area contributed by atoms with E-state index in [-0.39, 0.29) is 23.8 Å². The van der Waals surface area contributed by atoms with E-state index in [4.69, 9.17) is 18.9 Å². The van der Waals surface area contributed by atoms with E-state index in [9.17, 15) is 19.5 Å². The minimum absolute atomic E-state index is 0.154. The normalized spacial score (nSPS) is 35.4. The maximum absolute atomic E-state index is 13.6. The molecule has 0 spiro atoms. The summed E-state index contributed by atoms with van der Waals surface area (Å²) in [5, 5.41) is 12.7. The van der Waals surface area contributed by atoms with E-state index in [2.05, 4.69) is 11.1 Å². The number of esters is 3. The Morgan fingerprint density at radius 1 is 1.00 bits per heavy atom. The van der Waals surface area contributed by atoms with Crippen molar-refractivity contribution in [2.24, 2.45) is 16.7 Å². The maximum Gasteiger partial charge on any atom is 0.374 e. The number of carbonyl (C=O) groups is 3. The van der Waals surface area contributed by atoms with Crippen LogP contribution < -0.4 is 0 Å².